The number of nitrogens with zero attached hydrogens (tertiary/aromatic N) is 2. The van der Waals surface area contributed by atoms with Crippen LogP contribution in [0.5, 0.6) is 0 Å². The highest BCUT2D eigenvalue weighted by Gasteiger charge is 2.21. The molecule has 0 saturated heterocycles. The van der Waals surface area contributed by atoms with Gasteiger partial charge in [-0.2, -0.15) is 5.10 Å². The lowest BCUT2D eigenvalue weighted by Crippen LogP contribution is -2.14. The molecule has 0 amide bonds. The molecule has 1 aromatic rings. The smallest absolute Gasteiger partial charge is 0.341 e. The van der Waals surface area contributed by atoms with Crippen LogP contribution >= 0.6 is 0 Å². The molecule has 0 radical (unpaired) electrons. The minimum absolute atomic E-state index is 0.279. The summed E-state index contributed by atoms with van der Waals surface area (Å²) in [5.41, 5.74) is 6.05. The van der Waals surface area contributed by atoms with Crippen molar-refractivity contribution in [2.24, 2.45) is 12.8 Å². The Balaban J connectivity index is 3.03. The summed E-state index contributed by atoms with van der Waals surface area (Å²) in [4.78, 5) is 11.3. The number of rotatable bonds is 4. The zero-order chi connectivity index (χ0) is 11.4. The number of aliphatic hydroxyl groups is 1. The van der Waals surface area contributed by atoms with E-state index >= 15 is 0 Å². The Kier molecular flexibility index (Phi) is 3.81. The van der Waals surface area contributed by atoms with Crippen molar-refractivity contribution in [3.63, 3.8) is 0 Å². The number of hydrogen-bond acceptors (Lipinski definition) is 5. The van der Waals surface area contributed by atoms with E-state index in [1.807, 2.05) is 0 Å². The largest absolute Gasteiger partial charge is 0.465 e. The van der Waals surface area contributed by atoms with Crippen LogP contribution in [0.1, 0.15) is 28.6 Å². The van der Waals surface area contributed by atoms with Gasteiger partial charge in [0.2, 0.25) is 0 Å². The minimum Gasteiger partial charge on any atom is -0.465 e. The quantitative estimate of drug-likeness (QED) is 0.663. The first kappa shape index (κ1) is 11.7. The van der Waals surface area contributed by atoms with Gasteiger partial charge in [-0.05, 0) is 13.0 Å². The lowest BCUT2D eigenvalue weighted by Gasteiger charge is -2.11. The number of esters is 1. The van der Waals surface area contributed by atoms with Crippen LogP contribution in [0, 0.1) is 0 Å². The zero-order valence-electron chi connectivity index (χ0n) is 8.80. The molecule has 1 heterocycles. The molecule has 6 heteroatoms. The van der Waals surface area contributed by atoms with Crippen LogP contribution in [0.4, 0.5) is 0 Å². The van der Waals surface area contributed by atoms with Gasteiger partial charge in [-0.15, -0.1) is 0 Å². The number of nitrogens with two attached hydrogens (primary N) is 1. The summed E-state index contributed by atoms with van der Waals surface area (Å²) in [7, 11) is 2.94. The van der Waals surface area contributed by atoms with Gasteiger partial charge in [0.15, 0.2) is 0 Å². The minimum atomic E-state index is -0.795. The normalized spacial score (nSPS) is 12.5. The van der Waals surface area contributed by atoms with Crippen molar-refractivity contribution >= 4 is 5.97 Å². The van der Waals surface area contributed by atoms with Crippen LogP contribution in [-0.2, 0) is 11.8 Å². The second-order valence-corrected chi connectivity index (χ2v) is 3.15. The predicted molar refractivity (Wildman–Crippen MR) is 53.2 cm³/mol. The third kappa shape index (κ3) is 2.34. The number of ether oxygens (including phenoxy) is 1. The summed E-state index contributed by atoms with van der Waals surface area (Å²) in [5, 5.41) is 13.7. The average molecular weight is 213 g/mol. The Labute approximate surface area is 87.6 Å². The molecule has 3 N–H and O–H groups in total. The number of hydrogen-bond donors (Lipinski definition) is 2. The molecular formula is C9H15N3O3. The Morgan fingerprint density at radius 1 is 1.80 bits per heavy atom. The summed E-state index contributed by atoms with van der Waals surface area (Å²) in [5.74, 6) is -0.505. The second kappa shape index (κ2) is 4.90. The number of carbonyl (C=O) groups is 1. The Morgan fingerprint density at radius 2 is 2.47 bits per heavy atom. The van der Waals surface area contributed by atoms with Crippen LogP contribution in [0.25, 0.3) is 0 Å². The van der Waals surface area contributed by atoms with E-state index in [2.05, 4.69) is 9.84 Å². The van der Waals surface area contributed by atoms with Crippen LogP contribution in [-0.4, -0.2) is 34.5 Å². The molecule has 84 valence electrons. The molecule has 0 unspecified atom stereocenters. The Bertz CT molecular complexity index is 348. The molecule has 0 aromatic carbocycles. The standard InChI is InChI=1S/C9H15N3O3/c1-12-8(7(13)3-4-10)6(5-11-12)9(14)15-2/h5,7,13H,3-4,10H2,1-2H3/t7-/m0/s1. The van der Waals surface area contributed by atoms with E-state index < -0.39 is 12.1 Å². The highest BCUT2D eigenvalue weighted by Crippen LogP contribution is 2.20. The average Bonchev–Trinajstić information content (AvgIpc) is 2.59. The molecular weight excluding hydrogens is 198 g/mol. The van der Waals surface area contributed by atoms with E-state index in [0.717, 1.165) is 0 Å². The number of aliphatic hydroxyl groups excluding tert-OH is 1. The second-order valence-electron chi connectivity index (χ2n) is 3.15. The maximum absolute atomic E-state index is 11.3. The first-order chi connectivity index (χ1) is 7.11. The molecule has 1 atom stereocenters. The van der Waals surface area contributed by atoms with Crippen LogP contribution in [0.2, 0.25) is 0 Å². The fraction of sp³-hybridized carbons (Fsp3) is 0.556. The zero-order valence-corrected chi connectivity index (χ0v) is 8.80. The molecule has 6 nitrogen and oxygen atoms in total. The van der Waals surface area contributed by atoms with Gasteiger partial charge < -0.3 is 15.6 Å². The van der Waals surface area contributed by atoms with Crippen LogP contribution < -0.4 is 5.73 Å². The molecule has 0 bridgehead atoms. The SMILES string of the molecule is COC(=O)c1cnn(C)c1[C@@H](O)CCN. The monoisotopic (exact) mass is 213 g/mol. The summed E-state index contributed by atoms with van der Waals surface area (Å²) < 4.78 is 6.03. The van der Waals surface area contributed by atoms with Crippen molar-refractivity contribution in [2.45, 2.75) is 12.5 Å². The van der Waals surface area contributed by atoms with E-state index in [-0.39, 0.29) is 5.56 Å². The molecule has 0 spiro atoms. The fourth-order valence-electron chi connectivity index (χ4n) is 1.40. The van der Waals surface area contributed by atoms with Gasteiger partial charge in [0.1, 0.15) is 5.56 Å². The van der Waals surface area contributed by atoms with E-state index in [0.29, 0.717) is 18.7 Å². The number of aryl methyl sites for hydroxylation is 1. The molecule has 0 fully saturated rings. The molecule has 1 aromatic heterocycles. The lowest BCUT2D eigenvalue weighted by molar-refractivity contribution is 0.0591. The predicted octanol–water partition coefficient (Wildman–Crippen LogP) is -0.411. The lowest BCUT2D eigenvalue weighted by atomic mass is 10.1. The van der Waals surface area contributed by atoms with Crippen LogP contribution in [0.3, 0.4) is 0 Å². The summed E-state index contributed by atoms with van der Waals surface area (Å²) >= 11 is 0. The van der Waals surface area contributed by atoms with Gasteiger partial charge in [0, 0.05) is 7.05 Å². The van der Waals surface area contributed by atoms with Crippen molar-refractivity contribution in [3.8, 4) is 0 Å². The van der Waals surface area contributed by atoms with Gasteiger partial charge in [0.05, 0.1) is 25.1 Å². The third-order valence-electron chi connectivity index (χ3n) is 2.15. The topological polar surface area (TPSA) is 90.4 Å². The van der Waals surface area contributed by atoms with Crippen molar-refractivity contribution in [3.05, 3.63) is 17.5 Å². The Hall–Kier alpha value is -1.40. The van der Waals surface area contributed by atoms with E-state index in [4.69, 9.17) is 5.73 Å². The van der Waals surface area contributed by atoms with Gasteiger partial charge in [0.25, 0.3) is 0 Å². The molecule has 15 heavy (non-hydrogen) atoms. The molecule has 0 saturated carbocycles. The fourth-order valence-corrected chi connectivity index (χ4v) is 1.40. The highest BCUT2D eigenvalue weighted by atomic mass is 16.5. The van der Waals surface area contributed by atoms with E-state index in [1.54, 1.807) is 7.05 Å². The van der Waals surface area contributed by atoms with Gasteiger partial charge >= 0.3 is 5.97 Å². The van der Waals surface area contributed by atoms with Crippen molar-refractivity contribution in [2.75, 3.05) is 13.7 Å². The molecule has 0 aliphatic rings. The molecule has 1 rings (SSSR count). The first-order valence-electron chi connectivity index (χ1n) is 4.60. The first-order valence-corrected chi connectivity index (χ1v) is 4.60. The van der Waals surface area contributed by atoms with E-state index in [1.165, 1.54) is 18.0 Å². The van der Waals surface area contributed by atoms with Crippen molar-refractivity contribution in [1.29, 1.82) is 0 Å². The van der Waals surface area contributed by atoms with Gasteiger partial charge in [-0.25, -0.2) is 4.79 Å². The maximum atomic E-state index is 11.3. The highest BCUT2D eigenvalue weighted by molar-refractivity contribution is 5.90. The third-order valence-corrected chi connectivity index (χ3v) is 2.15. The summed E-state index contributed by atoms with van der Waals surface area (Å²) in [6, 6.07) is 0. The Morgan fingerprint density at radius 3 is 3.00 bits per heavy atom. The summed E-state index contributed by atoms with van der Waals surface area (Å²) in [6.07, 6.45) is 0.960. The van der Waals surface area contributed by atoms with E-state index in [9.17, 15) is 9.90 Å². The van der Waals surface area contributed by atoms with Crippen molar-refractivity contribution in [1.82, 2.24) is 9.78 Å². The molecule has 0 aliphatic carbocycles. The van der Waals surface area contributed by atoms with Crippen molar-refractivity contribution < 1.29 is 14.6 Å². The number of aromatic nitrogens is 2. The number of carbonyl (C=O) groups excluding carboxylic acids is 1. The molecule has 0 aliphatic heterocycles. The van der Waals surface area contributed by atoms with Gasteiger partial charge in [-0.1, -0.05) is 0 Å². The van der Waals surface area contributed by atoms with Gasteiger partial charge in [-0.3, -0.25) is 4.68 Å². The summed E-state index contributed by atoms with van der Waals surface area (Å²) in [6.45, 7) is 0.340. The maximum Gasteiger partial charge on any atom is 0.341 e. The number of methoxy groups -OCH3 is 1. The van der Waals surface area contributed by atoms with Crippen LogP contribution in [0.15, 0.2) is 6.20 Å².